The zero-order chi connectivity index (χ0) is 24.4. The zero-order valence-electron chi connectivity index (χ0n) is 20.5. The highest BCUT2D eigenvalue weighted by Gasteiger charge is 2.49. The van der Waals surface area contributed by atoms with Crippen molar-refractivity contribution in [1.82, 2.24) is 4.90 Å². The van der Waals surface area contributed by atoms with Crippen LogP contribution in [0.5, 0.6) is 0 Å². The van der Waals surface area contributed by atoms with E-state index in [0.29, 0.717) is 31.4 Å². The molecule has 2 atom stereocenters. The van der Waals surface area contributed by atoms with Crippen LogP contribution in [-0.2, 0) is 20.7 Å². The lowest BCUT2D eigenvalue weighted by Crippen LogP contribution is -2.55. The molecule has 0 aromatic heterocycles. The first-order valence-corrected chi connectivity index (χ1v) is 11.5. The van der Waals surface area contributed by atoms with Crippen molar-refractivity contribution in [3.8, 4) is 6.07 Å². The highest BCUT2D eigenvalue weighted by atomic mass is 16.6. The third-order valence-corrected chi connectivity index (χ3v) is 6.51. The number of methoxy groups -OCH3 is 1. The number of esters is 1. The number of carbonyl (C=O) groups excluding carboxylic acids is 2. The van der Waals surface area contributed by atoms with Gasteiger partial charge in [0.25, 0.3) is 0 Å². The fourth-order valence-electron chi connectivity index (χ4n) is 4.87. The molecule has 1 amide bonds. The summed E-state index contributed by atoms with van der Waals surface area (Å²) in [5.74, 6) is -0.120. The van der Waals surface area contributed by atoms with Crippen LogP contribution in [-0.4, -0.2) is 42.3 Å². The number of rotatable bonds is 4. The van der Waals surface area contributed by atoms with E-state index in [1.165, 1.54) is 7.11 Å². The molecule has 3 rings (SSSR count). The van der Waals surface area contributed by atoms with E-state index in [2.05, 4.69) is 19.9 Å². The van der Waals surface area contributed by atoms with E-state index in [9.17, 15) is 14.9 Å². The number of hydrogen-bond donors (Lipinski definition) is 0. The van der Waals surface area contributed by atoms with E-state index in [1.807, 2.05) is 57.2 Å². The summed E-state index contributed by atoms with van der Waals surface area (Å²) >= 11 is 0. The third kappa shape index (κ3) is 5.13. The van der Waals surface area contributed by atoms with Gasteiger partial charge in [0, 0.05) is 12.6 Å². The molecule has 176 valence electrons. The third-order valence-electron chi connectivity index (χ3n) is 6.51. The number of hydrogen-bond acceptors (Lipinski definition) is 5. The lowest BCUT2D eigenvalue weighted by Gasteiger charge is -2.46. The highest BCUT2D eigenvalue weighted by Crippen LogP contribution is 2.43. The second-order valence-corrected chi connectivity index (χ2v) is 10.3. The molecule has 0 spiro atoms. The summed E-state index contributed by atoms with van der Waals surface area (Å²) in [6.45, 7) is 10.1. The monoisotopic (exact) mass is 450 g/mol. The summed E-state index contributed by atoms with van der Waals surface area (Å²) in [4.78, 5) is 27.9. The van der Waals surface area contributed by atoms with Gasteiger partial charge in [-0.3, -0.25) is 4.79 Å². The first kappa shape index (κ1) is 24.6. The molecule has 2 aromatic rings. The van der Waals surface area contributed by atoms with Crippen molar-refractivity contribution in [3.05, 3.63) is 47.5 Å². The maximum Gasteiger partial charge on any atom is 0.410 e. The number of nitrogens with zero attached hydrogens (tertiary/aromatic N) is 2. The standard InChI is InChI=1S/C27H34N2O4/c1-18(2)23-16-27(24(30)32-6,13-14-29(23)25(31)33-26(3,4)5)15-19-11-12-20(17-28)22-10-8-7-9-21(19)22/h7-12,18,23H,13-16H2,1-6H3. The van der Waals surface area contributed by atoms with Crippen LogP contribution >= 0.6 is 0 Å². The topological polar surface area (TPSA) is 79.6 Å². The van der Waals surface area contributed by atoms with Crippen molar-refractivity contribution in [2.75, 3.05) is 13.7 Å². The SMILES string of the molecule is COC(=O)C1(Cc2ccc(C#N)c3ccccc23)CCN(C(=O)OC(C)(C)C)C(C(C)C)C1. The molecule has 33 heavy (non-hydrogen) atoms. The molecule has 1 fully saturated rings. The van der Waals surface area contributed by atoms with Crippen LogP contribution in [0.15, 0.2) is 36.4 Å². The Kier molecular flexibility index (Phi) is 7.02. The smallest absolute Gasteiger partial charge is 0.410 e. The predicted molar refractivity (Wildman–Crippen MR) is 128 cm³/mol. The Morgan fingerprint density at radius 2 is 1.85 bits per heavy atom. The van der Waals surface area contributed by atoms with Crippen LogP contribution < -0.4 is 0 Å². The van der Waals surface area contributed by atoms with Crippen molar-refractivity contribution in [1.29, 1.82) is 5.26 Å². The maximum absolute atomic E-state index is 13.2. The average molecular weight is 451 g/mol. The predicted octanol–water partition coefficient (Wildman–Crippen LogP) is 5.47. The van der Waals surface area contributed by atoms with Crippen LogP contribution in [0.3, 0.4) is 0 Å². The molecule has 0 aliphatic carbocycles. The maximum atomic E-state index is 13.2. The number of likely N-dealkylation sites (tertiary alicyclic amines) is 1. The normalized spacial score (nSPS) is 21.0. The van der Waals surface area contributed by atoms with Gasteiger partial charge in [0.1, 0.15) is 5.60 Å². The van der Waals surface area contributed by atoms with E-state index in [1.54, 1.807) is 4.90 Å². The fraction of sp³-hybridized carbons (Fsp3) is 0.519. The lowest BCUT2D eigenvalue weighted by atomic mass is 9.69. The molecule has 1 aliphatic heterocycles. The molecule has 1 heterocycles. The summed E-state index contributed by atoms with van der Waals surface area (Å²) in [6, 6.07) is 13.6. The summed E-state index contributed by atoms with van der Waals surface area (Å²) in [6.07, 6.45) is 1.11. The summed E-state index contributed by atoms with van der Waals surface area (Å²) in [5, 5.41) is 11.4. The Bertz CT molecular complexity index is 1080. The molecule has 0 N–H and O–H groups in total. The van der Waals surface area contributed by atoms with Crippen molar-refractivity contribution in [2.45, 2.75) is 65.5 Å². The van der Waals surface area contributed by atoms with Gasteiger partial charge in [0.15, 0.2) is 0 Å². The average Bonchev–Trinajstić information content (AvgIpc) is 2.77. The van der Waals surface area contributed by atoms with E-state index < -0.39 is 11.0 Å². The number of carbonyl (C=O) groups is 2. The molecule has 0 bridgehead atoms. The largest absolute Gasteiger partial charge is 0.469 e. The minimum absolute atomic E-state index is 0.138. The van der Waals surface area contributed by atoms with Gasteiger partial charge in [-0.2, -0.15) is 5.26 Å². The molecule has 1 saturated heterocycles. The van der Waals surface area contributed by atoms with Gasteiger partial charge in [-0.25, -0.2) is 4.79 Å². The molecule has 1 aliphatic rings. The number of benzene rings is 2. The van der Waals surface area contributed by atoms with E-state index in [4.69, 9.17) is 9.47 Å². The molecule has 6 nitrogen and oxygen atoms in total. The molecule has 2 unspecified atom stereocenters. The van der Waals surface area contributed by atoms with Crippen LogP contribution in [0, 0.1) is 22.7 Å². The van der Waals surface area contributed by atoms with Gasteiger partial charge in [0.05, 0.1) is 24.2 Å². The van der Waals surface area contributed by atoms with E-state index in [0.717, 1.165) is 16.3 Å². The number of piperidine rings is 1. The second kappa shape index (κ2) is 9.43. The first-order chi connectivity index (χ1) is 15.5. The van der Waals surface area contributed by atoms with Crippen molar-refractivity contribution < 1.29 is 19.1 Å². The van der Waals surface area contributed by atoms with Gasteiger partial charge in [0.2, 0.25) is 0 Å². The van der Waals surface area contributed by atoms with Crippen LogP contribution in [0.2, 0.25) is 0 Å². The molecular weight excluding hydrogens is 416 g/mol. The Hall–Kier alpha value is -3.07. The minimum Gasteiger partial charge on any atom is -0.469 e. The number of amides is 1. The number of fused-ring (bicyclic) bond motifs is 1. The zero-order valence-corrected chi connectivity index (χ0v) is 20.5. The first-order valence-electron chi connectivity index (χ1n) is 11.5. The molecule has 0 radical (unpaired) electrons. The van der Waals surface area contributed by atoms with Crippen molar-refractivity contribution >= 4 is 22.8 Å². The Morgan fingerprint density at radius 1 is 1.18 bits per heavy atom. The summed E-state index contributed by atoms with van der Waals surface area (Å²) < 4.78 is 11.0. The van der Waals surface area contributed by atoms with Gasteiger partial charge in [-0.15, -0.1) is 0 Å². The second-order valence-electron chi connectivity index (χ2n) is 10.3. The lowest BCUT2D eigenvalue weighted by molar-refractivity contribution is -0.158. The van der Waals surface area contributed by atoms with Crippen molar-refractivity contribution in [3.63, 3.8) is 0 Å². The molecule has 6 heteroatoms. The molecule has 2 aromatic carbocycles. The van der Waals surface area contributed by atoms with E-state index in [-0.39, 0.29) is 24.0 Å². The Morgan fingerprint density at radius 3 is 2.42 bits per heavy atom. The Balaban J connectivity index is 2.00. The van der Waals surface area contributed by atoms with Crippen LogP contribution in [0.25, 0.3) is 10.8 Å². The van der Waals surface area contributed by atoms with Gasteiger partial charge in [-0.1, -0.05) is 44.2 Å². The minimum atomic E-state index is -0.765. The quantitative estimate of drug-likeness (QED) is 0.577. The Labute approximate surface area is 196 Å². The van der Waals surface area contributed by atoms with Gasteiger partial charge < -0.3 is 14.4 Å². The summed E-state index contributed by atoms with van der Waals surface area (Å²) in [5.41, 5.74) is 0.264. The molecular formula is C27H34N2O4. The highest BCUT2D eigenvalue weighted by molar-refractivity contribution is 5.91. The number of nitriles is 1. The van der Waals surface area contributed by atoms with Crippen LogP contribution in [0.1, 0.15) is 58.6 Å². The van der Waals surface area contributed by atoms with Gasteiger partial charge in [-0.05, 0) is 68.4 Å². The molecule has 0 saturated carbocycles. The van der Waals surface area contributed by atoms with Crippen molar-refractivity contribution in [2.24, 2.45) is 11.3 Å². The van der Waals surface area contributed by atoms with E-state index >= 15 is 0 Å². The fourth-order valence-corrected chi connectivity index (χ4v) is 4.87. The van der Waals surface area contributed by atoms with Gasteiger partial charge >= 0.3 is 12.1 Å². The van der Waals surface area contributed by atoms with Crippen LogP contribution in [0.4, 0.5) is 4.79 Å². The summed E-state index contributed by atoms with van der Waals surface area (Å²) in [7, 11) is 1.42. The number of ether oxygens (including phenoxy) is 2.